The molecule has 21 heavy (non-hydrogen) atoms. The van der Waals surface area contributed by atoms with Crippen molar-refractivity contribution < 1.29 is 19.4 Å². The van der Waals surface area contributed by atoms with Gasteiger partial charge in [0.15, 0.2) is 0 Å². The standard InChI is InChI=1S/C14H13NO4S2/c1-19-10-5-3-2-4-9(10)8-11-13(18)15(14(20)21-11)7-6-12(16)17/h2-5,8H,6-7H2,1H3,(H,16,17)/b11-8+. The van der Waals surface area contributed by atoms with Gasteiger partial charge >= 0.3 is 5.97 Å². The van der Waals surface area contributed by atoms with Gasteiger partial charge in [0.05, 0.1) is 18.4 Å². The van der Waals surface area contributed by atoms with E-state index in [9.17, 15) is 9.59 Å². The number of methoxy groups -OCH3 is 1. The minimum absolute atomic E-state index is 0.0866. The summed E-state index contributed by atoms with van der Waals surface area (Å²) in [6.07, 6.45) is 1.58. The number of nitrogens with zero attached hydrogens (tertiary/aromatic N) is 1. The van der Waals surface area contributed by atoms with E-state index in [1.165, 1.54) is 16.7 Å². The highest BCUT2D eigenvalue weighted by molar-refractivity contribution is 8.26. The second-order valence-corrected chi connectivity index (χ2v) is 5.89. The summed E-state index contributed by atoms with van der Waals surface area (Å²) in [5.74, 6) is -0.566. The number of thioether (sulfide) groups is 1. The van der Waals surface area contributed by atoms with Crippen molar-refractivity contribution in [2.24, 2.45) is 0 Å². The summed E-state index contributed by atoms with van der Waals surface area (Å²) in [6, 6.07) is 7.33. The van der Waals surface area contributed by atoms with Gasteiger partial charge in [0.25, 0.3) is 5.91 Å². The summed E-state index contributed by atoms with van der Waals surface area (Å²) >= 11 is 6.30. The van der Waals surface area contributed by atoms with Gasteiger partial charge in [-0.3, -0.25) is 14.5 Å². The topological polar surface area (TPSA) is 66.8 Å². The molecule has 0 radical (unpaired) electrons. The van der Waals surface area contributed by atoms with Gasteiger partial charge in [0, 0.05) is 12.1 Å². The van der Waals surface area contributed by atoms with Crippen LogP contribution in [0.4, 0.5) is 0 Å². The largest absolute Gasteiger partial charge is 0.496 e. The molecule has 0 unspecified atom stereocenters. The summed E-state index contributed by atoms with van der Waals surface area (Å²) in [4.78, 5) is 24.6. The van der Waals surface area contributed by atoms with E-state index in [1.54, 1.807) is 19.3 Å². The predicted molar refractivity (Wildman–Crippen MR) is 85.1 cm³/mol. The maximum atomic E-state index is 12.2. The van der Waals surface area contributed by atoms with Crippen LogP contribution in [0.1, 0.15) is 12.0 Å². The SMILES string of the molecule is COc1ccccc1/C=C1/SC(=S)N(CCC(=O)O)C1=O. The van der Waals surface area contributed by atoms with Crippen LogP contribution in [0.25, 0.3) is 6.08 Å². The van der Waals surface area contributed by atoms with Crippen LogP contribution in [-0.4, -0.2) is 39.9 Å². The van der Waals surface area contributed by atoms with Gasteiger partial charge in [0.2, 0.25) is 0 Å². The number of carbonyl (C=O) groups is 2. The molecule has 1 N–H and O–H groups in total. The molecule has 1 amide bonds. The lowest BCUT2D eigenvalue weighted by atomic mass is 10.2. The smallest absolute Gasteiger partial charge is 0.305 e. The Hall–Kier alpha value is -1.86. The highest BCUT2D eigenvalue weighted by Crippen LogP contribution is 2.34. The van der Waals surface area contributed by atoms with Gasteiger partial charge in [-0.1, -0.05) is 42.2 Å². The van der Waals surface area contributed by atoms with Gasteiger partial charge in [-0.2, -0.15) is 0 Å². The van der Waals surface area contributed by atoms with E-state index in [2.05, 4.69) is 0 Å². The molecule has 1 aliphatic rings. The van der Waals surface area contributed by atoms with Crippen molar-refractivity contribution in [2.45, 2.75) is 6.42 Å². The molecule has 0 atom stereocenters. The van der Waals surface area contributed by atoms with Crippen LogP contribution in [0.15, 0.2) is 29.2 Å². The van der Waals surface area contributed by atoms with Crippen LogP contribution < -0.4 is 4.74 Å². The van der Waals surface area contributed by atoms with Crippen LogP contribution in [0, 0.1) is 0 Å². The minimum Gasteiger partial charge on any atom is -0.496 e. The summed E-state index contributed by atoms with van der Waals surface area (Å²) in [7, 11) is 1.56. The van der Waals surface area contributed by atoms with Crippen molar-refractivity contribution in [3.8, 4) is 5.75 Å². The average Bonchev–Trinajstić information content (AvgIpc) is 2.72. The normalized spacial score (nSPS) is 16.6. The van der Waals surface area contributed by atoms with Crippen molar-refractivity contribution in [1.82, 2.24) is 4.90 Å². The number of carboxylic acid groups (broad SMARTS) is 1. The summed E-state index contributed by atoms with van der Waals surface area (Å²) in [6.45, 7) is 0.0866. The number of para-hydroxylation sites is 1. The third-order valence-corrected chi connectivity index (χ3v) is 4.23. The zero-order valence-electron chi connectivity index (χ0n) is 11.2. The van der Waals surface area contributed by atoms with Crippen molar-refractivity contribution >= 4 is 46.3 Å². The van der Waals surface area contributed by atoms with Crippen LogP contribution in [0.3, 0.4) is 0 Å². The number of hydrogen-bond acceptors (Lipinski definition) is 5. The molecule has 1 aromatic rings. The number of amides is 1. The maximum absolute atomic E-state index is 12.2. The van der Waals surface area contributed by atoms with Crippen molar-refractivity contribution in [1.29, 1.82) is 0 Å². The van der Waals surface area contributed by atoms with E-state index in [0.29, 0.717) is 15.0 Å². The van der Waals surface area contributed by atoms with Crippen LogP contribution in [-0.2, 0) is 9.59 Å². The van der Waals surface area contributed by atoms with Crippen molar-refractivity contribution in [2.75, 3.05) is 13.7 Å². The predicted octanol–water partition coefficient (Wildman–Crippen LogP) is 2.37. The van der Waals surface area contributed by atoms with E-state index in [4.69, 9.17) is 22.1 Å². The first-order valence-electron chi connectivity index (χ1n) is 6.13. The zero-order valence-corrected chi connectivity index (χ0v) is 12.9. The van der Waals surface area contributed by atoms with Gasteiger partial charge in [-0.05, 0) is 12.1 Å². The number of carbonyl (C=O) groups excluding carboxylic acids is 1. The highest BCUT2D eigenvalue weighted by atomic mass is 32.2. The number of benzene rings is 1. The highest BCUT2D eigenvalue weighted by Gasteiger charge is 2.32. The number of ether oxygens (including phenoxy) is 1. The van der Waals surface area contributed by atoms with Gasteiger partial charge in [-0.25, -0.2) is 0 Å². The molecule has 1 saturated heterocycles. The zero-order chi connectivity index (χ0) is 15.4. The average molecular weight is 323 g/mol. The molecule has 0 aliphatic carbocycles. The first-order chi connectivity index (χ1) is 10.0. The Bertz CT molecular complexity index is 627. The molecule has 0 bridgehead atoms. The number of thiocarbonyl (C=S) groups is 1. The molecule has 1 fully saturated rings. The van der Waals surface area contributed by atoms with E-state index in [0.717, 1.165) is 5.56 Å². The molecule has 0 spiro atoms. The lowest BCUT2D eigenvalue weighted by Crippen LogP contribution is -2.30. The second kappa shape index (κ2) is 6.73. The molecule has 0 saturated carbocycles. The Morgan fingerprint density at radius 1 is 1.48 bits per heavy atom. The Kier molecular flexibility index (Phi) is 4.98. The Labute approximate surface area is 131 Å². The molecule has 5 nitrogen and oxygen atoms in total. The molecule has 1 aromatic carbocycles. The molecular formula is C14H13NO4S2. The number of rotatable bonds is 5. The monoisotopic (exact) mass is 323 g/mol. The van der Waals surface area contributed by atoms with Crippen LogP contribution in [0.5, 0.6) is 5.75 Å². The third-order valence-electron chi connectivity index (χ3n) is 2.85. The molecule has 1 heterocycles. The molecule has 1 aliphatic heterocycles. The Balaban J connectivity index is 2.22. The van der Waals surface area contributed by atoms with Crippen LogP contribution >= 0.6 is 24.0 Å². The maximum Gasteiger partial charge on any atom is 0.305 e. The lowest BCUT2D eigenvalue weighted by molar-refractivity contribution is -0.137. The van der Waals surface area contributed by atoms with Crippen molar-refractivity contribution in [3.63, 3.8) is 0 Å². The fourth-order valence-corrected chi connectivity index (χ4v) is 3.13. The fraction of sp³-hybridized carbons (Fsp3) is 0.214. The number of aliphatic carboxylic acids is 1. The van der Waals surface area contributed by atoms with Crippen LogP contribution in [0.2, 0.25) is 0 Å². The first-order valence-corrected chi connectivity index (χ1v) is 7.35. The Morgan fingerprint density at radius 2 is 2.19 bits per heavy atom. The number of hydrogen-bond donors (Lipinski definition) is 1. The first kappa shape index (κ1) is 15.5. The molecule has 110 valence electrons. The van der Waals surface area contributed by atoms with Gasteiger partial charge in [0.1, 0.15) is 10.1 Å². The van der Waals surface area contributed by atoms with Gasteiger partial charge in [-0.15, -0.1) is 0 Å². The van der Waals surface area contributed by atoms with E-state index in [1.807, 2.05) is 18.2 Å². The second-order valence-electron chi connectivity index (χ2n) is 4.22. The lowest BCUT2D eigenvalue weighted by Gasteiger charge is -2.12. The van der Waals surface area contributed by atoms with E-state index in [-0.39, 0.29) is 18.9 Å². The molecule has 2 rings (SSSR count). The summed E-state index contributed by atoms with van der Waals surface area (Å²) < 4.78 is 5.61. The third kappa shape index (κ3) is 3.62. The summed E-state index contributed by atoms with van der Waals surface area (Å²) in [5, 5.41) is 8.70. The molecule has 0 aromatic heterocycles. The van der Waals surface area contributed by atoms with E-state index < -0.39 is 5.97 Å². The van der Waals surface area contributed by atoms with Crippen molar-refractivity contribution in [3.05, 3.63) is 34.7 Å². The molecular weight excluding hydrogens is 310 g/mol. The van der Waals surface area contributed by atoms with Gasteiger partial charge < -0.3 is 9.84 Å². The number of carboxylic acids is 1. The summed E-state index contributed by atoms with van der Waals surface area (Å²) in [5.41, 5.74) is 0.777. The Morgan fingerprint density at radius 3 is 2.86 bits per heavy atom. The fourth-order valence-electron chi connectivity index (χ4n) is 1.83. The quantitative estimate of drug-likeness (QED) is 0.663. The van der Waals surface area contributed by atoms with E-state index >= 15 is 0 Å². The minimum atomic E-state index is -0.960. The molecule has 7 heteroatoms.